The predicted octanol–water partition coefficient (Wildman–Crippen LogP) is 5.23. The Labute approximate surface area is 186 Å². The molecule has 0 saturated heterocycles. The molecule has 0 unspecified atom stereocenters. The van der Waals surface area contributed by atoms with Gasteiger partial charge in [-0.2, -0.15) is 13.2 Å². The molecule has 4 aromatic rings. The van der Waals surface area contributed by atoms with Crippen LogP contribution in [0.2, 0.25) is 0 Å². The van der Waals surface area contributed by atoms with E-state index in [9.17, 15) is 22.4 Å². The van der Waals surface area contributed by atoms with Gasteiger partial charge in [-0.3, -0.25) is 4.68 Å². The molecule has 33 heavy (non-hydrogen) atoms. The summed E-state index contributed by atoms with van der Waals surface area (Å²) in [4.78, 5) is 18.7. The maximum Gasteiger partial charge on any atom is 0.416 e. The van der Waals surface area contributed by atoms with E-state index in [2.05, 4.69) is 9.97 Å². The number of alkyl halides is 3. The summed E-state index contributed by atoms with van der Waals surface area (Å²) in [7, 11) is 0. The molecule has 0 aliphatic carbocycles. The summed E-state index contributed by atoms with van der Waals surface area (Å²) in [6.07, 6.45) is -0.770. The van der Waals surface area contributed by atoms with Crippen molar-refractivity contribution in [2.45, 2.75) is 26.4 Å². The quantitative estimate of drug-likeness (QED) is 0.323. The largest absolute Gasteiger partial charge is 0.478 e. The minimum Gasteiger partial charge on any atom is -0.478 e. The standard InChI is InChI=1S/C12H9FN2O2.C11H11F3N2/c1-7-10(12(16)17)6-14-11(15-7)8-3-2-4-9(13)5-8;1-2-7-6-16(15)10-4-3-8(5-9(7)10)11(12,13)14/h2-6H,1H3,(H,16,17);3-6H,2,15H2,1H3. The van der Waals surface area contributed by atoms with E-state index in [4.69, 9.17) is 10.9 Å². The average molecular weight is 460 g/mol. The molecule has 0 fully saturated rings. The third kappa shape index (κ3) is 5.28. The van der Waals surface area contributed by atoms with Crippen LogP contribution in [-0.4, -0.2) is 25.7 Å². The topological polar surface area (TPSA) is 94.0 Å². The summed E-state index contributed by atoms with van der Waals surface area (Å²) in [5.74, 6) is 4.50. The number of carboxylic acid groups (broad SMARTS) is 1. The lowest BCUT2D eigenvalue weighted by Crippen LogP contribution is -2.07. The van der Waals surface area contributed by atoms with Gasteiger partial charge in [-0.25, -0.2) is 19.2 Å². The Bertz CT molecular complexity index is 1320. The van der Waals surface area contributed by atoms with Gasteiger partial charge in [0.2, 0.25) is 0 Å². The number of hydrogen-bond acceptors (Lipinski definition) is 4. The molecule has 4 rings (SSSR count). The molecule has 0 radical (unpaired) electrons. The van der Waals surface area contributed by atoms with E-state index in [1.165, 1.54) is 29.1 Å². The van der Waals surface area contributed by atoms with Crippen LogP contribution in [0.1, 0.15) is 34.1 Å². The molecule has 0 atom stereocenters. The van der Waals surface area contributed by atoms with Crippen molar-refractivity contribution in [3.05, 3.63) is 83.1 Å². The van der Waals surface area contributed by atoms with Gasteiger partial charge in [0.1, 0.15) is 5.82 Å². The number of fused-ring (bicyclic) bond motifs is 1. The molecule has 0 bridgehead atoms. The van der Waals surface area contributed by atoms with E-state index >= 15 is 0 Å². The number of hydrogen-bond donors (Lipinski definition) is 2. The highest BCUT2D eigenvalue weighted by atomic mass is 19.4. The minimum absolute atomic E-state index is 0.0464. The van der Waals surface area contributed by atoms with Gasteiger partial charge in [0, 0.05) is 23.3 Å². The maximum atomic E-state index is 13.0. The van der Waals surface area contributed by atoms with E-state index in [0.29, 0.717) is 34.4 Å². The Morgan fingerprint density at radius 1 is 1.18 bits per heavy atom. The molecule has 0 aliphatic heterocycles. The van der Waals surface area contributed by atoms with Gasteiger partial charge >= 0.3 is 12.1 Å². The highest BCUT2D eigenvalue weighted by Crippen LogP contribution is 2.32. The van der Waals surface area contributed by atoms with Crippen molar-refractivity contribution in [3.63, 3.8) is 0 Å². The normalized spacial score (nSPS) is 11.2. The molecule has 2 aromatic carbocycles. The van der Waals surface area contributed by atoms with Gasteiger partial charge in [0.25, 0.3) is 0 Å². The van der Waals surface area contributed by atoms with Crippen molar-refractivity contribution in [2.24, 2.45) is 0 Å². The fraction of sp³-hybridized carbons (Fsp3) is 0.174. The van der Waals surface area contributed by atoms with Crippen LogP contribution in [0.15, 0.2) is 54.9 Å². The Morgan fingerprint density at radius 2 is 1.91 bits per heavy atom. The van der Waals surface area contributed by atoms with Crippen molar-refractivity contribution in [3.8, 4) is 11.4 Å². The van der Waals surface area contributed by atoms with Crippen LogP contribution in [-0.2, 0) is 12.6 Å². The van der Waals surface area contributed by atoms with Crippen molar-refractivity contribution >= 4 is 16.9 Å². The number of carboxylic acids is 1. The number of nitrogens with zero attached hydrogens (tertiary/aromatic N) is 3. The first-order valence-electron chi connectivity index (χ1n) is 9.80. The number of rotatable bonds is 3. The average Bonchev–Trinajstić information content (AvgIpc) is 3.08. The Kier molecular flexibility index (Phi) is 6.66. The monoisotopic (exact) mass is 460 g/mol. The number of aromatic nitrogens is 3. The molecule has 0 spiro atoms. The SMILES string of the molecule is CCc1cn(N)c2ccc(C(F)(F)F)cc12.Cc1nc(-c2cccc(F)c2)ncc1C(=O)O. The summed E-state index contributed by atoms with van der Waals surface area (Å²) in [6.45, 7) is 3.46. The van der Waals surface area contributed by atoms with E-state index in [1.807, 2.05) is 6.92 Å². The van der Waals surface area contributed by atoms with E-state index in [-0.39, 0.29) is 11.4 Å². The van der Waals surface area contributed by atoms with E-state index < -0.39 is 17.7 Å². The zero-order valence-electron chi connectivity index (χ0n) is 17.7. The fourth-order valence-corrected chi connectivity index (χ4v) is 3.23. The van der Waals surface area contributed by atoms with E-state index in [0.717, 1.165) is 17.7 Å². The van der Waals surface area contributed by atoms with Gasteiger partial charge in [-0.05, 0) is 49.2 Å². The second-order valence-electron chi connectivity index (χ2n) is 7.15. The number of benzene rings is 2. The molecule has 10 heteroatoms. The second-order valence-corrected chi connectivity index (χ2v) is 7.15. The summed E-state index contributed by atoms with van der Waals surface area (Å²) < 4.78 is 51.9. The van der Waals surface area contributed by atoms with Crippen molar-refractivity contribution < 1.29 is 27.5 Å². The third-order valence-electron chi connectivity index (χ3n) is 4.92. The molecule has 2 aromatic heterocycles. The van der Waals surface area contributed by atoms with Gasteiger partial charge in [-0.15, -0.1) is 0 Å². The number of nitrogens with two attached hydrogens (primary N) is 1. The highest BCUT2D eigenvalue weighted by Gasteiger charge is 2.30. The molecule has 0 aliphatic rings. The zero-order valence-corrected chi connectivity index (χ0v) is 17.7. The number of aryl methyl sites for hydroxylation is 2. The summed E-state index contributed by atoms with van der Waals surface area (Å²) in [6, 6.07) is 9.43. The number of carbonyl (C=O) groups is 1. The van der Waals surface area contributed by atoms with E-state index in [1.54, 1.807) is 25.3 Å². The van der Waals surface area contributed by atoms with Crippen molar-refractivity contribution in [2.75, 3.05) is 5.84 Å². The first kappa shape index (κ1) is 23.7. The first-order chi connectivity index (χ1) is 15.5. The van der Waals surface area contributed by atoms with Crippen molar-refractivity contribution in [1.82, 2.24) is 14.6 Å². The van der Waals surface area contributed by atoms with Gasteiger partial charge in [0.05, 0.1) is 22.3 Å². The minimum atomic E-state index is -4.31. The molecule has 0 amide bonds. The zero-order chi connectivity index (χ0) is 24.3. The molecular weight excluding hydrogens is 440 g/mol. The molecular formula is C23H20F4N4O2. The highest BCUT2D eigenvalue weighted by molar-refractivity contribution is 5.88. The molecule has 6 nitrogen and oxygen atoms in total. The number of halogens is 4. The lowest BCUT2D eigenvalue weighted by molar-refractivity contribution is -0.137. The number of nitrogen functional groups attached to an aromatic ring is 1. The molecule has 0 saturated carbocycles. The van der Waals surface area contributed by atoms with Crippen LogP contribution in [0.25, 0.3) is 22.3 Å². The fourth-order valence-electron chi connectivity index (χ4n) is 3.23. The van der Waals surface area contributed by atoms with Gasteiger partial charge in [0.15, 0.2) is 5.82 Å². The third-order valence-corrected chi connectivity index (χ3v) is 4.92. The van der Waals surface area contributed by atoms with Crippen LogP contribution in [0.5, 0.6) is 0 Å². The molecule has 2 heterocycles. The predicted molar refractivity (Wildman–Crippen MR) is 116 cm³/mol. The van der Waals surface area contributed by atoms with Crippen molar-refractivity contribution in [1.29, 1.82) is 0 Å². The van der Waals surface area contributed by atoms with Crippen LogP contribution in [0.3, 0.4) is 0 Å². The maximum absolute atomic E-state index is 13.0. The Balaban J connectivity index is 0.000000186. The Morgan fingerprint density at radius 3 is 2.48 bits per heavy atom. The van der Waals surface area contributed by atoms with Crippen LogP contribution in [0.4, 0.5) is 17.6 Å². The summed E-state index contributed by atoms with van der Waals surface area (Å²) in [5, 5.41) is 9.40. The van der Waals surface area contributed by atoms with Gasteiger partial charge < -0.3 is 10.9 Å². The van der Waals surface area contributed by atoms with Crippen LogP contribution >= 0.6 is 0 Å². The van der Waals surface area contributed by atoms with Gasteiger partial charge in [-0.1, -0.05) is 19.1 Å². The Hall–Kier alpha value is -3.95. The lowest BCUT2D eigenvalue weighted by Gasteiger charge is -2.06. The smallest absolute Gasteiger partial charge is 0.416 e. The summed E-state index contributed by atoms with van der Waals surface area (Å²) >= 11 is 0. The first-order valence-corrected chi connectivity index (χ1v) is 9.80. The molecule has 3 N–H and O–H groups in total. The molecule has 172 valence electrons. The second kappa shape index (κ2) is 9.27. The number of aromatic carboxylic acids is 1. The summed E-state index contributed by atoms with van der Waals surface area (Å²) in [5.41, 5.74) is 1.72. The van der Waals surface area contributed by atoms with Crippen LogP contribution in [0, 0.1) is 12.7 Å². The van der Waals surface area contributed by atoms with Crippen LogP contribution < -0.4 is 5.84 Å². The lowest BCUT2D eigenvalue weighted by atomic mass is 10.1.